The smallest absolute Gasteiger partial charge is 0.407 e. The highest BCUT2D eigenvalue weighted by Crippen LogP contribution is 2.06. The van der Waals surface area contributed by atoms with Gasteiger partial charge >= 0.3 is 12.1 Å². The number of ether oxygens (including phenoxy) is 1. The summed E-state index contributed by atoms with van der Waals surface area (Å²) in [6.45, 7) is 4.36. The Morgan fingerprint density at radius 3 is 2.36 bits per heavy atom. The molecule has 0 aromatic carbocycles. The molecular weight excluding hydrogens is 193 g/mol. The summed E-state index contributed by atoms with van der Waals surface area (Å²) in [6.07, 6.45) is -2.94. The largest absolute Gasteiger partial charge is 0.479 e. The second-order valence-corrected chi connectivity index (χ2v) is 3.69. The van der Waals surface area contributed by atoms with E-state index in [1.807, 2.05) is 5.32 Å². The minimum Gasteiger partial charge on any atom is -0.479 e. The van der Waals surface area contributed by atoms with Gasteiger partial charge in [-0.1, -0.05) is 0 Å². The molecule has 0 fully saturated rings. The molecule has 1 amide bonds. The van der Waals surface area contributed by atoms with Crippen molar-refractivity contribution in [3.05, 3.63) is 0 Å². The predicted octanol–water partition coefficient (Wildman–Crippen LogP) is 0.934. The fraction of sp³-hybridized carbons (Fsp3) is 0.750. The zero-order chi connectivity index (χ0) is 11.4. The normalized spacial score (nSPS) is 13.1. The second kappa shape index (κ2) is 4.78. The van der Waals surface area contributed by atoms with Gasteiger partial charge < -0.3 is 15.2 Å². The first-order valence-electron chi connectivity index (χ1n) is 4.06. The van der Waals surface area contributed by atoms with Gasteiger partial charge in [-0.2, -0.15) is 0 Å². The van der Waals surface area contributed by atoms with E-state index in [2.05, 4.69) is 0 Å². The molecule has 0 aromatic rings. The highest BCUT2D eigenvalue weighted by Gasteiger charge is 2.20. The number of alkyl halides is 1. The lowest BCUT2D eigenvalue weighted by Gasteiger charge is -2.19. The van der Waals surface area contributed by atoms with Crippen LogP contribution >= 0.6 is 0 Å². The number of nitrogens with one attached hydrogen (secondary N) is 1. The van der Waals surface area contributed by atoms with Crippen molar-refractivity contribution in [1.29, 1.82) is 0 Å². The van der Waals surface area contributed by atoms with E-state index < -0.39 is 30.4 Å². The molecule has 14 heavy (non-hydrogen) atoms. The molecule has 0 radical (unpaired) electrons. The number of carbonyl (C=O) groups excluding carboxylic acids is 1. The Kier molecular flexibility index (Phi) is 4.33. The first-order chi connectivity index (χ1) is 6.22. The van der Waals surface area contributed by atoms with Gasteiger partial charge in [-0.3, -0.25) is 0 Å². The van der Waals surface area contributed by atoms with Gasteiger partial charge in [0.05, 0.1) is 6.54 Å². The van der Waals surface area contributed by atoms with Crippen LogP contribution in [0.3, 0.4) is 0 Å². The Labute approximate surface area is 81.2 Å². The first-order valence-corrected chi connectivity index (χ1v) is 4.06. The van der Waals surface area contributed by atoms with Crippen LogP contribution in [-0.2, 0) is 9.53 Å². The number of rotatable bonds is 3. The van der Waals surface area contributed by atoms with Crippen LogP contribution in [0.5, 0.6) is 0 Å². The Morgan fingerprint density at radius 2 is 2.00 bits per heavy atom. The van der Waals surface area contributed by atoms with Gasteiger partial charge in [-0.05, 0) is 20.8 Å². The topological polar surface area (TPSA) is 75.6 Å². The Morgan fingerprint density at radius 1 is 1.50 bits per heavy atom. The molecule has 0 bridgehead atoms. The lowest BCUT2D eigenvalue weighted by atomic mass is 10.2. The van der Waals surface area contributed by atoms with Crippen molar-refractivity contribution < 1.29 is 23.8 Å². The molecule has 2 N–H and O–H groups in total. The van der Waals surface area contributed by atoms with Crippen molar-refractivity contribution in [3.63, 3.8) is 0 Å². The highest BCUT2D eigenvalue weighted by molar-refractivity contribution is 5.74. The fourth-order valence-electron chi connectivity index (χ4n) is 0.574. The summed E-state index contributed by atoms with van der Waals surface area (Å²) >= 11 is 0. The molecule has 0 heterocycles. The maximum atomic E-state index is 12.4. The van der Waals surface area contributed by atoms with Crippen molar-refractivity contribution in [2.75, 3.05) is 6.54 Å². The zero-order valence-electron chi connectivity index (χ0n) is 8.33. The van der Waals surface area contributed by atoms with Crippen molar-refractivity contribution in [3.8, 4) is 0 Å². The number of amides is 1. The molecule has 82 valence electrons. The molecule has 0 spiro atoms. The molecule has 0 aromatic heterocycles. The SMILES string of the molecule is CC(C)(C)OC(=O)NC[C@@H](F)C(=O)O. The number of hydrogen-bond donors (Lipinski definition) is 2. The quantitative estimate of drug-likeness (QED) is 0.722. The molecule has 0 unspecified atom stereocenters. The number of alkyl carbamates (subject to hydrolysis) is 1. The monoisotopic (exact) mass is 207 g/mol. The summed E-state index contributed by atoms with van der Waals surface area (Å²) in [6, 6.07) is 0. The van der Waals surface area contributed by atoms with Crippen molar-refractivity contribution in [1.82, 2.24) is 5.32 Å². The summed E-state index contributed by atoms with van der Waals surface area (Å²) in [5.74, 6) is -1.61. The molecule has 6 heteroatoms. The minimum atomic E-state index is -2.11. The van der Waals surface area contributed by atoms with E-state index in [9.17, 15) is 14.0 Å². The van der Waals surface area contributed by atoms with Gasteiger partial charge in [-0.15, -0.1) is 0 Å². The lowest BCUT2D eigenvalue weighted by Crippen LogP contribution is -2.37. The van der Waals surface area contributed by atoms with Crippen molar-refractivity contribution >= 4 is 12.1 Å². The molecule has 0 saturated carbocycles. The predicted molar refractivity (Wildman–Crippen MR) is 46.8 cm³/mol. The van der Waals surface area contributed by atoms with Gasteiger partial charge in [0, 0.05) is 0 Å². The Bertz CT molecular complexity index is 224. The summed E-state index contributed by atoms with van der Waals surface area (Å²) in [5, 5.41) is 10.2. The molecular formula is C8H14FNO4. The second-order valence-electron chi connectivity index (χ2n) is 3.69. The van der Waals surface area contributed by atoms with Crippen LogP contribution < -0.4 is 5.32 Å². The standard InChI is InChI=1S/C8H14FNO4/c1-8(2,3)14-7(13)10-4-5(9)6(11)12/h5H,4H2,1-3H3,(H,10,13)(H,11,12)/t5-/m1/s1. The third-order valence-corrected chi connectivity index (χ3v) is 1.09. The van der Waals surface area contributed by atoms with E-state index in [0.717, 1.165) is 0 Å². The molecule has 0 rings (SSSR count). The van der Waals surface area contributed by atoms with Crippen LogP contribution in [0.2, 0.25) is 0 Å². The van der Waals surface area contributed by atoms with E-state index in [1.54, 1.807) is 20.8 Å². The number of carbonyl (C=O) groups is 2. The molecule has 1 atom stereocenters. The molecule has 0 aliphatic carbocycles. The maximum Gasteiger partial charge on any atom is 0.407 e. The van der Waals surface area contributed by atoms with Crippen molar-refractivity contribution in [2.45, 2.75) is 32.5 Å². The average molecular weight is 207 g/mol. The first kappa shape index (κ1) is 12.7. The summed E-state index contributed by atoms with van der Waals surface area (Å²) in [4.78, 5) is 20.9. The summed E-state index contributed by atoms with van der Waals surface area (Å²) in [7, 11) is 0. The number of aliphatic carboxylic acids is 1. The Balaban J connectivity index is 3.81. The van der Waals surface area contributed by atoms with Gasteiger partial charge in [0.25, 0.3) is 0 Å². The number of carboxylic acids is 1. The number of carboxylic acid groups (broad SMARTS) is 1. The molecule has 0 saturated heterocycles. The van der Waals surface area contributed by atoms with Crippen molar-refractivity contribution in [2.24, 2.45) is 0 Å². The maximum absolute atomic E-state index is 12.4. The van der Waals surface area contributed by atoms with Crippen LogP contribution in [0.1, 0.15) is 20.8 Å². The lowest BCUT2D eigenvalue weighted by molar-refractivity contribution is -0.142. The van der Waals surface area contributed by atoms with E-state index in [-0.39, 0.29) is 0 Å². The third kappa shape index (κ3) is 6.22. The summed E-state index contributed by atoms with van der Waals surface area (Å²) < 4.78 is 17.2. The molecule has 0 aliphatic rings. The number of halogens is 1. The molecule has 5 nitrogen and oxygen atoms in total. The van der Waals surface area contributed by atoms with Crippen LogP contribution in [0.25, 0.3) is 0 Å². The number of hydrogen-bond acceptors (Lipinski definition) is 3. The fourth-order valence-corrected chi connectivity index (χ4v) is 0.574. The average Bonchev–Trinajstić information content (AvgIpc) is 1.96. The van der Waals surface area contributed by atoms with Gasteiger partial charge in [0.1, 0.15) is 5.60 Å². The Hall–Kier alpha value is -1.33. The molecule has 0 aliphatic heterocycles. The van der Waals surface area contributed by atoms with Crippen LogP contribution in [0, 0.1) is 0 Å². The highest BCUT2D eigenvalue weighted by atomic mass is 19.1. The van der Waals surface area contributed by atoms with E-state index in [4.69, 9.17) is 9.84 Å². The van der Waals surface area contributed by atoms with Crippen LogP contribution in [-0.4, -0.2) is 35.5 Å². The zero-order valence-corrected chi connectivity index (χ0v) is 8.33. The van der Waals surface area contributed by atoms with Crippen LogP contribution in [0.4, 0.5) is 9.18 Å². The minimum absolute atomic E-state index is 0.593. The van der Waals surface area contributed by atoms with Gasteiger partial charge in [0.2, 0.25) is 6.17 Å². The van der Waals surface area contributed by atoms with Gasteiger partial charge in [0.15, 0.2) is 0 Å². The third-order valence-electron chi connectivity index (χ3n) is 1.09. The van der Waals surface area contributed by atoms with E-state index in [1.165, 1.54) is 0 Å². The van der Waals surface area contributed by atoms with E-state index >= 15 is 0 Å². The van der Waals surface area contributed by atoms with E-state index in [0.29, 0.717) is 0 Å². The van der Waals surface area contributed by atoms with Gasteiger partial charge in [-0.25, -0.2) is 14.0 Å². The van der Waals surface area contributed by atoms with Crippen LogP contribution in [0.15, 0.2) is 0 Å². The summed E-state index contributed by atoms with van der Waals surface area (Å²) in [5.41, 5.74) is -0.681.